The second-order valence-electron chi connectivity index (χ2n) is 18.0. The highest BCUT2D eigenvalue weighted by Crippen LogP contribution is 2.61. The van der Waals surface area contributed by atoms with Crippen molar-refractivity contribution in [2.75, 3.05) is 4.90 Å². The smallest absolute Gasteiger partial charge is 0.136 e. The summed E-state index contributed by atoms with van der Waals surface area (Å²) in [6.07, 6.45) is 0. The van der Waals surface area contributed by atoms with E-state index in [2.05, 4.69) is 278 Å². The van der Waals surface area contributed by atoms with Crippen molar-refractivity contribution in [3.63, 3.8) is 0 Å². The van der Waals surface area contributed by atoms with Gasteiger partial charge in [-0.3, -0.25) is 0 Å². The Morgan fingerprint density at radius 3 is 1.20 bits per heavy atom. The Labute approximate surface area is 402 Å². The van der Waals surface area contributed by atoms with Gasteiger partial charge in [0, 0.05) is 33.4 Å². The number of nitrogens with zero attached hydrogens (tertiary/aromatic N) is 1. The highest BCUT2D eigenvalue weighted by molar-refractivity contribution is 6.18. The van der Waals surface area contributed by atoms with Gasteiger partial charge in [0.25, 0.3) is 0 Å². The molecular weight excluding hydrogens is 835 g/mol. The van der Waals surface area contributed by atoms with E-state index < -0.39 is 5.41 Å². The zero-order chi connectivity index (χ0) is 45.7. The van der Waals surface area contributed by atoms with Crippen LogP contribution in [-0.2, 0) is 5.41 Å². The van der Waals surface area contributed by atoms with E-state index >= 15 is 0 Å². The van der Waals surface area contributed by atoms with E-state index in [-0.39, 0.29) is 0 Å². The third-order valence-electron chi connectivity index (χ3n) is 14.2. The number of fused-ring (bicyclic) bond motifs is 6. The summed E-state index contributed by atoms with van der Waals surface area (Å²) in [6.45, 7) is 0. The van der Waals surface area contributed by atoms with Crippen molar-refractivity contribution in [1.29, 1.82) is 0 Å². The summed E-state index contributed by atoms with van der Waals surface area (Å²) in [5.41, 5.74) is 21.0. The van der Waals surface area contributed by atoms with E-state index in [4.69, 9.17) is 4.42 Å². The van der Waals surface area contributed by atoms with Gasteiger partial charge in [0.05, 0.1) is 5.41 Å². The summed E-state index contributed by atoms with van der Waals surface area (Å²) >= 11 is 0. The Bertz CT molecular complexity index is 3730. The lowest BCUT2D eigenvalue weighted by Gasteiger charge is -2.35. The second-order valence-corrected chi connectivity index (χ2v) is 18.0. The molecule has 0 bridgehead atoms. The van der Waals surface area contributed by atoms with Gasteiger partial charge in [-0.25, -0.2) is 0 Å². The zero-order valence-electron chi connectivity index (χ0n) is 37.8. The first-order valence-corrected chi connectivity index (χ1v) is 23.7. The van der Waals surface area contributed by atoms with Crippen LogP contribution in [0.4, 0.5) is 17.1 Å². The van der Waals surface area contributed by atoms with Gasteiger partial charge in [0.1, 0.15) is 11.2 Å². The van der Waals surface area contributed by atoms with Crippen molar-refractivity contribution in [3.05, 3.63) is 295 Å². The molecule has 1 aromatic heterocycles. The predicted octanol–water partition coefficient (Wildman–Crippen LogP) is 18.1. The summed E-state index contributed by atoms with van der Waals surface area (Å²) < 4.78 is 6.88. The molecular formula is C67H45NO. The molecule has 324 valence electrons. The quantitative estimate of drug-likeness (QED) is 0.144. The lowest BCUT2D eigenvalue weighted by molar-refractivity contribution is 0.666. The molecule has 1 aliphatic carbocycles. The predicted molar refractivity (Wildman–Crippen MR) is 287 cm³/mol. The van der Waals surface area contributed by atoms with E-state index in [0.717, 1.165) is 44.6 Å². The summed E-state index contributed by atoms with van der Waals surface area (Å²) in [5, 5.41) is 2.25. The largest absolute Gasteiger partial charge is 0.456 e. The molecule has 13 rings (SSSR count). The normalized spacial score (nSPS) is 12.5. The zero-order valence-corrected chi connectivity index (χ0v) is 37.8. The Morgan fingerprint density at radius 1 is 0.290 bits per heavy atom. The molecule has 0 N–H and O–H groups in total. The molecule has 0 radical (unpaired) electrons. The third-order valence-corrected chi connectivity index (χ3v) is 14.2. The molecule has 1 heterocycles. The highest BCUT2D eigenvalue weighted by Gasteiger charge is 2.48. The molecule has 1 aliphatic rings. The monoisotopic (exact) mass is 879 g/mol. The van der Waals surface area contributed by atoms with E-state index in [1.54, 1.807) is 0 Å². The van der Waals surface area contributed by atoms with Crippen LogP contribution in [0.25, 0.3) is 77.6 Å². The van der Waals surface area contributed by atoms with Gasteiger partial charge in [-0.1, -0.05) is 224 Å². The van der Waals surface area contributed by atoms with E-state index in [0.29, 0.717) is 0 Å². The molecule has 2 heteroatoms. The molecule has 0 atom stereocenters. The van der Waals surface area contributed by atoms with Crippen molar-refractivity contribution < 1.29 is 4.42 Å². The number of hydrogen-bond acceptors (Lipinski definition) is 2. The fourth-order valence-corrected chi connectivity index (χ4v) is 11.0. The van der Waals surface area contributed by atoms with Crippen LogP contribution in [0.15, 0.2) is 277 Å². The first kappa shape index (κ1) is 40.3. The lowest BCUT2D eigenvalue weighted by Crippen LogP contribution is -2.28. The molecule has 0 fully saturated rings. The minimum atomic E-state index is -0.696. The Kier molecular flexibility index (Phi) is 9.77. The van der Waals surface area contributed by atoms with E-state index in [9.17, 15) is 0 Å². The molecule has 0 amide bonds. The first-order chi connectivity index (χ1) is 34.2. The second kappa shape index (κ2) is 16.7. The molecule has 0 aliphatic heterocycles. The van der Waals surface area contributed by atoms with Gasteiger partial charge in [-0.05, 0) is 121 Å². The van der Waals surface area contributed by atoms with Crippen LogP contribution in [0, 0.1) is 0 Å². The topological polar surface area (TPSA) is 16.4 Å². The van der Waals surface area contributed by atoms with Crippen molar-refractivity contribution in [3.8, 4) is 55.6 Å². The maximum Gasteiger partial charge on any atom is 0.136 e. The highest BCUT2D eigenvalue weighted by atomic mass is 16.3. The van der Waals surface area contributed by atoms with Crippen LogP contribution in [0.1, 0.15) is 22.3 Å². The van der Waals surface area contributed by atoms with Crippen molar-refractivity contribution >= 4 is 39.0 Å². The average molecular weight is 880 g/mol. The van der Waals surface area contributed by atoms with Crippen LogP contribution in [0.2, 0.25) is 0 Å². The molecule has 2 nitrogen and oxygen atoms in total. The fraction of sp³-hybridized carbons (Fsp3) is 0.0149. The molecule has 0 unspecified atom stereocenters. The maximum atomic E-state index is 6.88. The van der Waals surface area contributed by atoms with Gasteiger partial charge >= 0.3 is 0 Å². The number of hydrogen-bond donors (Lipinski definition) is 0. The van der Waals surface area contributed by atoms with E-state index in [1.165, 1.54) is 72.3 Å². The minimum absolute atomic E-state index is 0.696. The Balaban J connectivity index is 1.05. The van der Waals surface area contributed by atoms with Crippen molar-refractivity contribution in [1.82, 2.24) is 0 Å². The number of anilines is 3. The molecule has 0 spiro atoms. The fourth-order valence-electron chi connectivity index (χ4n) is 11.0. The summed E-state index contributed by atoms with van der Waals surface area (Å²) in [5.74, 6) is 0. The van der Waals surface area contributed by atoms with Crippen LogP contribution in [0.5, 0.6) is 0 Å². The Morgan fingerprint density at radius 2 is 0.696 bits per heavy atom. The Hall–Kier alpha value is -8.98. The van der Waals surface area contributed by atoms with Crippen LogP contribution in [-0.4, -0.2) is 0 Å². The molecule has 11 aromatic carbocycles. The average Bonchev–Trinajstić information content (AvgIpc) is 3.95. The van der Waals surface area contributed by atoms with Crippen molar-refractivity contribution in [2.45, 2.75) is 5.41 Å². The lowest BCUT2D eigenvalue weighted by atomic mass is 9.67. The number of rotatable bonds is 9. The first-order valence-electron chi connectivity index (χ1n) is 23.7. The number of benzene rings is 11. The SMILES string of the molecule is c1ccc(-c2ccc(-c3ccc(N(c4ccc(-c5ccccc5)cc4)c4ccc5c(c4)C(c4ccccc4)(c4ccccc4)c4cc6oc7ccccc7c6c(-c6ccccc6)c4-5)cc3)cc2)cc1. The van der Waals surface area contributed by atoms with Gasteiger partial charge in [0.2, 0.25) is 0 Å². The summed E-state index contributed by atoms with van der Waals surface area (Å²) in [4.78, 5) is 2.42. The molecule has 69 heavy (non-hydrogen) atoms. The van der Waals surface area contributed by atoms with Gasteiger partial charge < -0.3 is 9.32 Å². The maximum absolute atomic E-state index is 6.88. The van der Waals surface area contributed by atoms with Crippen molar-refractivity contribution in [2.24, 2.45) is 0 Å². The van der Waals surface area contributed by atoms with Gasteiger partial charge in [-0.2, -0.15) is 0 Å². The van der Waals surface area contributed by atoms with Crippen LogP contribution in [0.3, 0.4) is 0 Å². The van der Waals surface area contributed by atoms with Gasteiger partial charge in [0.15, 0.2) is 0 Å². The van der Waals surface area contributed by atoms with Crippen LogP contribution < -0.4 is 4.90 Å². The van der Waals surface area contributed by atoms with E-state index in [1.807, 2.05) is 0 Å². The molecule has 0 saturated heterocycles. The summed E-state index contributed by atoms with van der Waals surface area (Å²) in [6, 6.07) is 99.2. The minimum Gasteiger partial charge on any atom is -0.456 e. The third kappa shape index (κ3) is 6.72. The summed E-state index contributed by atoms with van der Waals surface area (Å²) in [7, 11) is 0. The van der Waals surface area contributed by atoms with Gasteiger partial charge in [-0.15, -0.1) is 0 Å². The number of furan rings is 1. The number of para-hydroxylation sites is 1. The molecule has 0 saturated carbocycles. The standard InChI is InChI=1S/C67H45NO/c1-6-18-46(19-7-1)48-30-32-49(33-31-48)51-36-40-56(41-37-51)68(55-38-34-50(35-39-55)47-20-8-2-9-21-47)57-42-43-58-60(44-57)67(53-24-12-4-13-25-53,54-26-14-5-15-27-54)61-45-63-66(59-28-16-17-29-62(59)69-63)64(65(58)61)52-22-10-3-11-23-52/h1-45H. The molecule has 12 aromatic rings. The van der Waals surface area contributed by atoms with Crippen LogP contribution >= 0.6 is 0 Å².